The SMILES string of the molecule is CCCCCCCCCCCCCC[N+](C)(C)C.O=[N+]([O-])c1cc([N+](=O)[O-])c([O-])c([N+](=O)[O-])c1. The summed E-state index contributed by atoms with van der Waals surface area (Å²) in [7, 11) is 6.87. The molecule has 0 aliphatic heterocycles. The summed E-state index contributed by atoms with van der Waals surface area (Å²) in [5, 5.41) is 42.1. The van der Waals surface area contributed by atoms with Crippen molar-refractivity contribution < 1.29 is 24.4 Å². The molecule has 0 aliphatic rings. The van der Waals surface area contributed by atoms with Crippen LogP contribution in [0.5, 0.6) is 5.75 Å². The first-order chi connectivity index (χ1) is 15.9. The summed E-state index contributed by atoms with van der Waals surface area (Å²) in [6.07, 6.45) is 17.4. The summed E-state index contributed by atoms with van der Waals surface area (Å²) in [4.78, 5) is 27.5. The molecule has 0 amide bonds. The molecule has 11 heteroatoms. The van der Waals surface area contributed by atoms with E-state index in [-0.39, 0.29) is 0 Å². The molecular weight excluding hydrogens is 444 g/mol. The Hall–Kier alpha value is -2.82. The Morgan fingerprint density at radius 3 is 1.29 bits per heavy atom. The number of hydrogen-bond acceptors (Lipinski definition) is 7. The van der Waals surface area contributed by atoms with E-state index in [4.69, 9.17) is 0 Å². The minimum absolute atomic E-state index is 0.384. The fourth-order valence-corrected chi connectivity index (χ4v) is 3.39. The van der Waals surface area contributed by atoms with Gasteiger partial charge < -0.3 is 9.59 Å². The van der Waals surface area contributed by atoms with Gasteiger partial charge in [-0.25, -0.2) is 0 Å². The first-order valence-corrected chi connectivity index (χ1v) is 12.0. The van der Waals surface area contributed by atoms with Crippen LogP contribution in [0.4, 0.5) is 17.1 Å². The van der Waals surface area contributed by atoms with Crippen molar-refractivity contribution in [3.8, 4) is 5.75 Å². The van der Waals surface area contributed by atoms with Crippen LogP contribution in [0.15, 0.2) is 12.1 Å². The Kier molecular flexibility index (Phi) is 15.4. The molecule has 0 bridgehead atoms. The third-order valence-corrected chi connectivity index (χ3v) is 5.32. The fraction of sp³-hybridized carbons (Fsp3) is 0.739. The second-order valence-electron chi connectivity index (χ2n) is 9.49. The van der Waals surface area contributed by atoms with Crippen LogP contribution in [0, 0.1) is 30.3 Å². The van der Waals surface area contributed by atoms with Crippen LogP contribution in [-0.4, -0.2) is 46.9 Å². The summed E-state index contributed by atoms with van der Waals surface area (Å²) in [6.45, 7) is 3.62. The van der Waals surface area contributed by atoms with Gasteiger partial charge in [0.1, 0.15) is 0 Å². The van der Waals surface area contributed by atoms with Gasteiger partial charge in [0.15, 0.2) is 0 Å². The molecule has 0 saturated heterocycles. The predicted octanol–water partition coefficient (Wildman–Crippen LogP) is 5.88. The third kappa shape index (κ3) is 14.4. The topological polar surface area (TPSA) is 152 Å². The van der Waals surface area contributed by atoms with Gasteiger partial charge in [-0.2, -0.15) is 0 Å². The number of nitro groups is 3. The number of quaternary nitrogens is 1. The van der Waals surface area contributed by atoms with E-state index in [2.05, 4.69) is 28.1 Å². The molecule has 0 aliphatic carbocycles. The summed E-state index contributed by atoms with van der Waals surface area (Å²) in [5.41, 5.74) is -3.26. The molecule has 1 aromatic carbocycles. The molecule has 0 aromatic heterocycles. The van der Waals surface area contributed by atoms with Gasteiger partial charge in [0.25, 0.3) is 17.1 Å². The molecule has 0 N–H and O–H groups in total. The molecule has 1 aromatic rings. The Morgan fingerprint density at radius 1 is 0.647 bits per heavy atom. The van der Waals surface area contributed by atoms with E-state index < -0.39 is 37.6 Å². The standard InChI is InChI=1S/C17H38N.C6H3N3O7/c1-5-6-7-8-9-10-11-12-13-14-15-16-17-18(2,3)4;10-6-4(8(13)14)1-3(7(11)12)2-5(6)9(15)16/h5-17H2,1-4H3;1-2,10H/q+1;/p-1. The molecule has 194 valence electrons. The summed E-state index contributed by atoms with van der Waals surface area (Å²) in [6, 6.07) is 0.769. The van der Waals surface area contributed by atoms with Crippen molar-refractivity contribution in [3.63, 3.8) is 0 Å². The predicted molar refractivity (Wildman–Crippen MR) is 130 cm³/mol. The zero-order chi connectivity index (χ0) is 26.1. The second-order valence-corrected chi connectivity index (χ2v) is 9.49. The zero-order valence-corrected chi connectivity index (χ0v) is 21.0. The Balaban J connectivity index is 0.000000644. The highest BCUT2D eigenvalue weighted by Gasteiger charge is 2.24. The Labute approximate surface area is 201 Å². The first kappa shape index (κ1) is 31.2. The number of unbranched alkanes of at least 4 members (excludes halogenated alkanes) is 11. The van der Waals surface area contributed by atoms with E-state index in [1.807, 2.05) is 0 Å². The van der Waals surface area contributed by atoms with Crippen molar-refractivity contribution in [1.82, 2.24) is 0 Å². The van der Waals surface area contributed by atoms with Crippen molar-refractivity contribution in [1.29, 1.82) is 0 Å². The molecule has 0 heterocycles. The molecule has 0 fully saturated rings. The summed E-state index contributed by atoms with van der Waals surface area (Å²) >= 11 is 0. The number of nitrogens with zero attached hydrogens (tertiary/aromatic N) is 4. The van der Waals surface area contributed by atoms with Crippen molar-refractivity contribution in [2.45, 2.75) is 84.0 Å². The normalized spacial score (nSPS) is 10.9. The van der Waals surface area contributed by atoms with Crippen LogP contribution >= 0.6 is 0 Å². The number of non-ortho nitro benzene ring substituents is 1. The van der Waals surface area contributed by atoms with Gasteiger partial charge in [-0.15, -0.1) is 0 Å². The summed E-state index contributed by atoms with van der Waals surface area (Å²) in [5.74, 6) is -1.46. The van der Waals surface area contributed by atoms with Crippen LogP contribution in [-0.2, 0) is 0 Å². The molecule has 1 rings (SSSR count). The quantitative estimate of drug-likeness (QED) is 0.123. The van der Waals surface area contributed by atoms with E-state index in [0.717, 1.165) is 4.48 Å². The number of hydrogen-bond donors (Lipinski definition) is 0. The highest BCUT2D eigenvalue weighted by Crippen LogP contribution is 2.36. The molecule has 0 unspecified atom stereocenters. The molecular formula is C23H40N4O7. The van der Waals surface area contributed by atoms with E-state index in [9.17, 15) is 35.4 Å². The first-order valence-electron chi connectivity index (χ1n) is 12.0. The average Bonchev–Trinajstić information content (AvgIpc) is 2.73. The number of rotatable bonds is 16. The van der Waals surface area contributed by atoms with Crippen LogP contribution in [0.3, 0.4) is 0 Å². The van der Waals surface area contributed by atoms with Gasteiger partial charge in [0, 0.05) is 0 Å². The van der Waals surface area contributed by atoms with Crippen LogP contribution in [0.1, 0.15) is 84.0 Å². The van der Waals surface area contributed by atoms with Gasteiger partial charge in [0.2, 0.25) is 0 Å². The number of nitro benzene ring substituents is 3. The van der Waals surface area contributed by atoms with Gasteiger partial charge in [-0.05, 0) is 12.8 Å². The van der Waals surface area contributed by atoms with Crippen molar-refractivity contribution >= 4 is 17.1 Å². The highest BCUT2D eigenvalue weighted by atomic mass is 16.6. The Morgan fingerprint density at radius 2 is 1.00 bits per heavy atom. The maximum Gasteiger partial charge on any atom is 0.283 e. The van der Waals surface area contributed by atoms with Gasteiger partial charge >= 0.3 is 0 Å². The van der Waals surface area contributed by atoms with Gasteiger partial charge in [-0.3, -0.25) is 30.3 Å². The minimum Gasteiger partial charge on any atom is -0.863 e. The molecule has 0 radical (unpaired) electrons. The molecule has 0 spiro atoms. The monoisotopic (exact) mass is 484 g/mol. The van der Waals surface area contributed by atoms with Gasteiger partial charge in [0.05, 0.1) is 60.3 Å². The van der Waals surface area contributed by atoms with E-state index in [1.54, 1.807) is 0 Å². The lowest BCUT2D eigenvalue weighted by Gasteiger charge is -2.23. The van der Waals surface area contributed by atoms with Gasteiger partial charge in [-0.1, -0.05) is 71.1 Å². The largest absolute Gasteiger partial charge is 0.863 e. The van der Waals surface area contributed by atoms with E-state index >= 15 is 0 Å². The average molecular weight is 485 g/mol. The maximum absolute atomic E-state index is 11.1. The van der Waals surface area contributed by atoms with Crippen LogP contribution in [0.2, 0.25) is 0 Å². The second kappa shape index (κ2) is 16.7. The van der Waals surface area contributed by atoms with Crippen molar-refractivity contribution in [2.75, 3.05) is 27.7 Å². The van der Waals surface area contributed by atoms with Crippen LogP contribution < -0.4 is 5.11 Å². The van der Waals surface area contributed by atoms with Crippen LogP contribution in [0.25, 0.3) is 0 Å². The molecule has 34 heavy (non-hydrogen) atoms. The maximum atomic E-state index is 11.1. The van der Waals surface area contributed by atoms with E-state index in [1.165, 1.54) is 83.6 Å². The van der Waals surface area contributed by atoms with Crippen molar-refractivity contribution in [2.24, 2.45) is 0 Å². The molecule has 0 atom stereocenters. The third-order valence-electron chi connectivity index (χ3n) is 5.32. The highest BCUT2D eigenvalue weighted by molar-refractivity contribution is 5.63. The smallest absolute Gasteiger partial charge is 0.283 e. The summed E-state index contributed by atoms with van der Waals surface area (Å²) < 4.78 is 1.12. The van der Waals surface area contributed by atoms with E-state index in [0.29, 0.717) is 12.1 Å². The number of benzene rings is 1. The lowest BCUT2D eigenvalue weighted by Crippen LogP contribution is -2.35. The zero-order valence-electron chi connectivity index (χ0n) is 21.0. The molecule has 11 nitrogen and oxygen atoms in total. The van der Waals surface area contributed by atoms with Crippen molar-refractivity contribution in [3.05, 3.63) is 42.5 Å². The minimum atomic E-state index is -1.46. The lowest BCUT2D eigenvalue weighted by atomic mass is 10.1. The fourth-order valence-electron chi connectivity index (χ4n) is 3.39. The lowest BCUT2D eigenvalue weighted by molar-refractivity contribution is -0.870. The molecule has 0 saturated carbocycles. The Bertz CT molecular complexity index is 744.